The van der Waals surface area contributed by atoms with E-state index < -0.39 is 0 Å². The lowest BCUT2D eigenvalue weighted by atomic mass is 10.2. The number of hydrogen-bond acceptors (Lipinski definition) is 5. The third-order valence-electron chi connectivity index (χ3n) is 4.74. The van der Waals surface area contributed by atoms with Crippen LogP contribution in [-0.4, -0.2) is 43.9 Å². The number of rotatable bonds is 4. The van der Waals surface area contributed by atoms with Gasteiger partial charge in [0.1, 0.15) is 5.69 Å². The van der Waals surface area contributed by atoms with Gasteiger partial charge in [0, 0.05) is 31.0 Å². The minimum atomic E-state index is -0.102. The summed E-state index contributed by atoms with van der Waals surface area (Å²) in [6, 6.07) is 9.59. The summed E-state index contributed by atoms with van der Waals surface area (Å²) < 4.78 is 7.33. The van der Waals surface area contributed by atoms with E-state index in [2.05, 4.69) is 26.6 Å². The average Bonchev–Trinajstić information content (AvgIpc) is 3.40. The fourth-order valence-electron chi connectivity index (χ4n) is 3.45. The van der Waals surface area contributed by atoms with E-state index in [1.807, 2.05) is 41.6 Å². The number of nitrogens with one attached hydrogen (secondary N) is 1. The van der Waals surface area contributed by atoms with Gasteiger partial charge in [-0.15, -0.1) is 0 Å². The normalized spacial score (nSPS) is 16.7. The largest absolute Gasteiger partial charge is 0.359 e. The Labute approximate surface area is 157 Å². The van der Waals surface area contributed by atoms with Crippen LogP contribution in [0.5, 0.6) is 0 Å². The summed E-state index contributed by atoms with van der Waals surface area (Å²) in [5.41, 5.74) is 3.53. The molecule has 4 rings (SSSR count). The third-order valence-corrected chi connectivity index (χ3v) is 4.74. The van der Waals surface area contributed by atoms with Crippen molar-refractivity contribution in [2.24, 2.45) is 0 Å². The Morgan fingerprint density at radius 1 is 1.30 bits per heavy atom. The molecule has 1 aliphatic rings. The standard InChI is InChI=1S/C19H22N6O2/c1-13-9-14(2)25(22-13)15-6-8-24(12-15)19(26)21-11-16-10-18(23-27-16)17-5-3-4-7-20-17/h3-5,7,9-10,15H,6,8,11-12H2,1-2H3,(H,21,26)/t15-/m0/s1. The number of aryl methyl sites for hydroxylation is 2. The van der Waals surface area contributed by atoms with Crippen LogP contribution in [-0.2, 0) is 6.54 Å². The molecule has 0 aliphatic carbocycles. The lowest BCUT2D eigenvalue weighted by molar-refractivity contribution is 0.204. The number of carbonyl (C=O) groups excluding carboxylic acids is 1. The molecule has 3 aromatic rings. The van der Waals surface area contributed by atoms with Gasteiger partial charge in [-0.05, 0) is 38.5 Å². The van der Waals surface area contributed by atoms with Crippen LogP contribution in [0.2, 0.25) is 0 Å². The van der Waals surface area contributed by atoms with E-state index in [1.54, 1.807) is 12.3 Å². The minimum Gasteiger partial charge on any atom is -0.359 e. The fraction of sp³-hybridized carbons (Fsp3) is 0.368. The zero-order chi connectivity index (χ0) is 18.8. The van der Waals surface area contributed by atoms with Crippen LogP contribution in [0, 0.1) is 13.8 Å². The van der Waals surface area contributed by atoms with Crippen molar-refractivity contribution in [1.82, 2.24) is 30.1 Å². The highest BCUT2D eigenvalue weighted by molar-refractivity contribution is 5.74. The molecule has 1 atom stereocenters. The summed E-state index contributed by atoms with van der Waals surface area (Å²) in [7, 11) is 0. The van der Waals surface area contributed by atoms with E-state index in [0.29, 0.717) is 31.1 Å². The second-order valence-electron chi connectivity index (χ2n) is 6.81. The number of urea groups is 1. The van der Waals surface area contributed by atoms with Gasteiger partial charge in [-0.3, -0.25) is 9.67 Å². The molecule has 0 radical (unpaired) electrons. The molecule has 4 heterocycles. The van der Waals surface area contributed by atoms with Gasteiger partial charge in [-0.1, -0.05) is 11.2 Å². The van der Waals surface area contributed by atoms with Crippen molar-refractivity contribution in [3.05, 3.63) is 53.7 Å². The molecule has 3 aromatic heterocycles. The van der Waals surface area contributed by atoms with Crippen molar-refractivity contribution >= 4 is 6.03 Å². The van der Waals surface area contributed by atoms with Crippen molar-refractivity contribution in [3.8, 4) is 11.4 Å². The molecule has 1 N–H and O–H groups in total. The number of aromatic nitrogens is 4. The number of carbonyl (C=O) groups is 1. The maximum Gasteiger partial charge on any atom is 0.317 e. The first-order valence-electron chi connectivity index (χ1n) is 9.02. The van der Waals surface area contributed by atoms with Gasteiger partial charge in [0.15, 0.2) is 5.76 Å². The summed E-state index contributed by atoms with van der Waals surface area (Å²) in [6.45, 7) is 5.69. The highest BCUT2D eigenvalue weighted by atomic mass is 16.5. The molecule has 8 nitrogen and oxygen atoms in total. The Hall–Kier alpha value is -3.16. The first-order valence-corrected chi connectivity index (χ1v) is 9.02. The molecule has 0 aromatic carbocycles. The van der Waals surface area contributed by atoms with Gasteiger partial charge in [0.2, 0.25) is 0 Å². The molecule has 0 spiro atoms. The molecule has 1 fully saturated rings. The van der Waals surface area contributed by atoms with Gasteiger partial charge in [-0.25, -0.2) is 4.79 Å². The molecule has 0 bridgehead atoms. The highest BCUT2D eigenvalue weighted by Crippen LogP contribution is 2.23. The first-order chi connectivity index (χ1) is 13.1. The summed E-state index contributed by atoms with van der Waals surface area (Å²) in [6.07, 6.45) is 2.61. The molecule has 1 saturated heterocycles. The molecule has 2 amide bonds. The Bertz CT molecular complexity index is 933. The maximum absolute atomic E-state index is 12.5. The van der Waals surface area contributed by atoms with Crippen LogP contribution in [0.1, 0.15) is 29.6 Å². The number of pyridine rings is 1. The lowest BCUT2D eigenvalue weighted by Crippen LogP contribution is -2.38. The number of likely N-dealkylation sites (tertiary alicyclic amines) is 1. The summed E-state index contributed by atoms with van der Waals surface area (Å²) in [4.78, 5) is 18.5. The molecule has 1 aliphatic heterocycles. The van der Waals surface area contributed by atoms with E-state index >= 15 is 0 Å². The molecule has 140 valence electrons. The molecule has 0 saturated carbocycles. The second kappa shape index (κ2) is 7.22. The van der Waals surface area contributed by atoms with Crippen molar-refractivity contribution in [2.45, 2.75) is 32.9 Å². The van der Waals surface area contributed by atoms with Crippen LogP contribution in [0.3, 0.4) is 0 Å². The molecule has 8 heteroatoms. The predicted octanol–water partition coefficient (Wildman–Crippen LogP) is 2.71. The van der Waals surface area contributed by atoms with Crippen molar-refractivity contribution in [3.63, 3.8) is 0 Å². The average molecular weight is 366 g/mol. The monoisotopic (exact) mass is 366 g/mol. The smallest absolute Gasteiger partial charge is 0.317 e. The molecule has 0 unspecified atom stereocenters. The number of hydrogen-bond donors (Lipinski definition) is 1. The van der Waals surface area contributed by atoms with Crippen molar-refractivity contribution < 1.29 is 9.32 Å². The van der Waals surface area contributed by atoms with Crippen LogP contribution in [0.25, 0.3) is 11.4 Å². The maximum atomic E-state index is 12.5. The van der Waals surface area contributed by atoms with Crippen LogP contribution in [0.4, 0.5) is 4.79 Å². The van der Waals surface area contributed by atoms with E-state index in [4.69, 9.17) is 4.52 Å². The van der Waals surface area contributed by atoms with Gasteiger partial charge in [0.05, 0.1) is 24.0 Å². The fourth-order valence-corrected chi connectivity index (χ4v) is 3.45. The number of amides is 2. The summed E-state index contributed by atoms with van der Waals surface area (Å²) >= 11 is 0. The van der Waals surface area contributed by atoms with Gasteiger partial charge in [-0.2, -0.15) is 5.10 Å². The SMILES string of the molecule is Cc1cc(C)n([C@H]2CCN(C(=O)NCc3cc(-c4ccccn4)no3)C2)n1. The van der Waals surface area contributed by atoms with E-state index in [9.17, 15) is 4.79 Å². The summed E-state index contributed by atoms with van der Waals surface area (Å²) in [5.74, 6) is 0.596. The minimum absolute atomic E-state index is 0.102. The Kier molecular flexibility index (Phi) is 4.62. The lowest BCUT2D eigenvalue weighted by Gasteiger charge is -2.17. The topological polar surface area (TPSA) is 89.1 Å². The van der Waals surface area contributed by atoms with E-state index in [-0.39, 0.29) is 12.1 Å². The van der Waals surface area contributed by atoms with Crippen molar-refractivity contribution in [2.75, 3.05) is 13.1 Å². The third kappa shape index (κ3) is 3.69. The Morgan fingerprint density at radius 3 is 2.93 bits per heavy atom. The molecule has 27 heavy (non-hydrogen) atoms. The molecular weight excluding hydrogens is 344 g/mol. The van der Waals surface area contributed by atoms with Gasteiger partial charge >= 0.3 is 6.03 Å². The van der Waals surface area contributed by atoms with E-state index in [1.165, 1.54) is 0 Å². The highest BCUT2D eigenvalue weighted by Gasteiger charge is 2.28. The van der Waals surface area contributed by atoms with Crippen LogP contribution >= 0.6 is 0 Å². The number of nitrogens with zero attached hydrogens (tertiary/aromatic N) is 5. The van der Waals surface area contributed by atoms with E-state index in [0.717, 1.165) is 23.5 Å². The summed E-state index contributed by atoms with van der Waals surface area (Å²) in [5, 5.41) is 11.5. The molecular formula is C19H22N6O2. The first kappa shape index (κ1) is 17.3. The zero-order valence-electron chi connectivity index (χ0n) is 15.4. The van der Waals surface area contributed by atoms with Gasteiger partial charge in [0.25, 0.3) is 0 Å². The predicted molar refractivity (Wildman–Crippen MR) is 98.9 cm³/mol. The van der Waals surface area contributed by atoms with Crippen LogP contribution in [0.15, 0.2) is 41.1 Å². The Balaban J connectivity index is 1.33. The second-order valence-corrected chi connectivity index (χ2v) is 6.81. The van der Waals surface area contributed by atoms with Crippen LogP contribution < -0.4 is 5.32 Å². The quantitative estimate of drug-likeness (QED) is 0.767. The van der Waals surface area contributed by atoms with Crippen molar-refractivity contribution in [1.29, 1.82) is 0 Å². The Morgan fingerprint density at radius 2 is 2.19 bits per heavy atom. The zero-order valence-corrected chi connectivity index (χ0v) is 15.4. The van der Waals surface area contributed by atoms with Gasteiger partial charge < -0.3 is 14.7 Å².